The molecule has 0 spiro atoms. The molecule has 16 heavy (non-hydrogen) atoms. The smallest absolute Gasteiger partial charge is 0.105 e. The molecule has 2 atom stereocenters. The normalized spacial score (nSPS) is 14.8. The molecule has 0 radical (unpaired) electrons. The Kier molecular flexibility index (Phi) is 5.42. The van der Waals surface area contributed by atoms with Gasteiger partial charge in [0.05, 0.1) is 12.7 Å². The van der Waals surface area contributed by atoms with Crippen LogP contribution >= 0.6 is 0 Å². The zero-order valence-corrected chi connectivity index (χ0v) is 9.47. The van der Waals surface area contributed by atoms with E-state index in [2.05, 4.69) is 0 Å². The summed E-state index contributed by atoms with van der Waals surface area (Å²) in [5.74, 6) is 0. The molecule has 90 valence electrons. The van der Waals surface area contributed by atoms with Gasteiger partial charge in [-0.3, -0.25) is 0 Å². The third-order valence-electron chi connectivity index (χ3n) is 2.46. The van der Waals surface area contributed by atoms with Gasteiger partial charge >= 0.3 is 0 Å². The lowest BCUT2D eigenvalue weighted by Gasteiger charge is -2.17. The number of aliphatic hydroxyl groups is 2. The molecule has 0 aliphatic heterocycles. The predicted octanol–water partition coefficient (Wildman–Crippen LogP) is 0.576. The van der Waals surface area contributed by atoms with Crippen LogP contribution in [0.1, 0.15) is 23.7 Å². The summed E-state index contributed by atoms with van der Waals surface area (Å²) in [6, 6.07) is 7.33. The molecule has 4 heteroatoms. The minimum absolute atomic E-state index is 0.361. The number of benzene rings is 1. The first-order chi connectivity index (χ1) is 7.69. The van der Waals surface area contributed by atoms with Crippen LogP contribution in [-0.2, 0) is 11.3 Å². The molecule has 0 heterocycles. The Morgan fingerprint density at radius 2 is 1.88 bits per heavy atom. The Labute approximate surface area is 95.7 Å². The zero-order chi connectivity index (χ0) is 12.0. The summed E-state index contributed by atoms with van der Waals surface area (Å²) < 4.78 is 4.99. The predicted molar refractivity (Wildman–Crippen MR) is 61.8 cm³/mol. The maximum absolute atomic E-state index is 9.80. The van der Waals surface area contributed by atoms with E-state index in [0.717, 1.165) is 5.56 Å². The van der Waals surface area contributed by atoms with Crippen molar-refractivity contribution < 1.29 is 14.9 Å². The Bertz CT molecular complexity index is 300. The van der Waals surface area contributed by atoms with E-state index >= 15 is 0 Å². The van der Waals surface area contributed by atoms with Gasteiger partial charge in [-0.25, -0.2) is 0 Å². The number of methoxy groups -OCH3 is 1. The topological polar surface area (TPSA) is 75.7 Å². The number of rotatable bonds is 6. The van der Waals surface area contributed by atoms with E-state index in [1.807, 2.05) is 12.1 Å². The van der Waals surface area contributed by atoms with Crippen LogP contribution in [0.15, 0.2) is 24.3 Å². The van der Waals surface area contributed by atoms with Gasteiger partial charge in [0.2, 0.25) is 0 Å². The summed E-state index contributed by atoms with van der Waals surface area (Å²) in [6.07, 6.45) is -1.29. The van der Waals surface area contributed by atoms with Crippen LogP contribution in [0.2, 0.25) is 0 Å². The van der Waals surface area contributed by atoms with Crippen LogP contribution in [0.5, 0.6) is 0 Å². The molecule has 1 aromatic carbocycles. The van der Waals surface area contributed by atoms with E-state index < -0.39 is 12.2 Å². The highest BCUT2D eigenvalue weighted by Gasteiger charge is 2.17. The molecule has 4 nitrogen and oxygen atoms in total. The molecule has 0 fully saturated rings. The number of nitrogens with two attached hydrogens (primary N) is 1. The van der Waals surface area contributed by atoms with Crippen molar-refractivity contribution in [2.24, 2.45) is 5.73 Å². The minimum atomic E-state index is -0.875. The van der Waals surface area contributed by atoms with Crippen molar-refractivity contribution in [3.8, 4) is 0 Å². The van der Waals surface area contributed by atoms with Crippen molar-refractivity contribution in [3.05, 3.63) is 35.4 Å². The average Bonchev–Trinajstić information content (AvgIpc) is 2.30. The molecule has 0 saturated heterocycles. The fourth-order valence-electron chi connectivity index (χ4n) is 1.53. The molecule has 1 rings (SSSR count). The highest BCUT2D eigenvalue weighted by Crippen LogP contribution is 2.19. The van der Waals surface area contributed by atoms with Gasteiger partial charge in [0.25, 0.3) is 0 Å². The van der Waals surface area contributed by atoms with Gasteiger partial charge < -0.3 is 20.7 Å². The molecule has 0 aliphatic rings. The molecule has 0 amide bonds. The minimum Gasteiger partial charge on any atom is -0.390 e. The molecule has 0 bridgehead atoms. The molecule has 0 aromatic heterocycles. The summed E-state index contributed by atoms with van der Waals surface area (Å²) in [4.78, 5) is 0. The first kappa shape index (κ1) is 13.1. The Morgan fingerprint density at radius 3 is 2.38 bits per heavy atom. The Hall–Kier alpha value is -0.940. The van der Waals surface area contributed by atoms with Gasteiger partial charge in [-0.2, -0.15) is 0 Å². The van der Waals surface area contributed by atoms with Crippen molar-refractivity contribution >= 4 is 0 Å². The van der Waals surface area contributed by atoms with E-state index in [1.54, 1.807) is 19.2 Å². The first-order valence-corrected chi connectivity index (χ1v) is 5.33. The van der Waals surface area contributed by atoms with Crippen molar-refractivity contribution in [2.45, 2.75) is 25.2 Å². The second-order valence-corrected chi connectivity index (χ2v) is 3.76. The molecular weight excluding hydrogens is 206 g/mol. The Balaban J connectivity index is 2.65. The Morgan fingerprint density at radius 1 is 1.25 bits per heavy atom. The van der Waals surface area contributed by atoms with Crippen molar-refractivity contribution in [1.82, 2.24) is 0 Å². The van der Waals surface area contributed by atoms with Crippen LogP contribution in [0.4, 0.5) is 0 Å². The van der Waals surface area contributed by atoms with Crippen molar-refractivity contribution in [1.29, 1.82) is 0 Å². The third-order valence-corrected chi connectivity index (χ3v) is 2.46. The maximum atomic E-state index is 9.80. The largest absolute Gasteiger partial charge is 0.390 e. The molecule has 0 saturated carbocycles. The first-order valence-electron chi connectivity index (χ1n) is 5.33. The quantitative estimate of drug-likeness (QED) is 0.662. The van der Waals surface area contributed by atoms with Crippen LogP contribution < -0.4 is 5.73 Å². The highest BCUT2D eigenvalue weighted by molar-refractivity contribution is 5.24. The molecular formula is C12H19NO3. The van der Waals surface area contributed by atoms with Crippen LogP contribution in [-0.4, -0.2) is 30.0 Å². The van der Waals surface area contributed by atoms with E-state index in [0.29, 0.717) is 25.1 Å². The molecule has 1 aromatic rings. The van der Waals surface area contributed by atoms with Gasteiger partial charge in [-0.1, -0.05) is 24.3 Å². The van der Waals surface area contributed by atoms with E-state index in [-0.39, 0.29) is 0 Å². The molecule has 0 aliphatic carbocycles. The lowest BCUT2D eigenvalue weighted by atomic mass is 10.0. The van der Waals surface area contributed by atoms with Crippen molar-refractivity contribution in [3.63, 3.8) is 0 Å². The fraction of sp³-hybridized carbons (Fsp3) is 0.500. The standard InChI is InChI=1S/C12H19NO3/c1-16-8-9-2-4-10(5-3-9)12(15)11(14)6-7-13/h2-5,11-12,14-15H,6-8,13H2,1H3. The molecule has 2 unspecified atom stereocenters. The van der Waals surface area contributed by atoms with Crippen LogP contribution in [0.3, 0.4) is 0 Å². The zero-order valence-electron chi connectivity index (χ0n) is 9.47. The van der Waals surface area contributed by atoms with Gasteiger partial charge in [-0.05, 0) is 24.1 Å². The molecule has 4 N–H and O–H groups in total. The lowest BCUT2D eigenvalue weighted by Crippen LogP contribution is -2.21. The third kappa shape index (κ3) is 3.57. The van der Waals surface area contributed by atoms with Crippen molar-refractivity contribution in [2.75, 3.05) is 13.7 Å². The maximum Gasteiger partial charge on any atom is 0.105 e. The SMILES string of the molecule is COCc1ccc(C(O)C(O)CCN)cc1. The van der Waals surface area contributed by atoms with Gasteiger partial charge in [0, 0.05) is 7.11 Å². The summed E-state index contributed by atoms with van der Waals surface area (Å²) in [6.45, 7) is 0.904. The van der Waals surface area contributed by atoms with Gasteiger partial charge in [0.1, 0.15) is 6.10 Å². The number of ether oxygens (including phenoxy) is 1. The lowest BCUT2D eigenvalue weighted by molar-refractivity contribution is 0.0150. The summed E-state index contributed by atoms with van der Waals surface area (Å²) >= 11 is 0. The number of hydrogen-bond donors (Lipinski definition) is 3. The van der Waals surface area contributed by atoms with Gasteiger partial charge in [-0.15, -0.1) is 0 Å². The van der Waals surface area contributed by atoms with E-state index in [9.17, 15) is 10.2 Å². The van der Waals surface area contributed by atoms with E-state index in [4.69, 9.17) is 10.5 Å². The monoisotopic (exact) mass is 225 g/mol. The van der Waals surface area contributed by atoms with Crippen LogP contribution in [0, 0.1) is 0 Å². The van der Waals surface area contributed by atoms with E-state index in [1.165, 1.54) is 0 Å². The summed E-state index contributed by atoms with van der Waals surface area (Å²) in [5, 5.41) is 19.4. The second-order valence-electron chi connectivity index (χ2n) is 3.76. The summed E-state index contributed by atoms with van der Waals surface area (Å²) in [5.41, 5.74) is 7.05. The highest BCUT2D eigenvalue weighted by atomic mass is 16.5. The van der Waals surface area contributed by atoms with Crippen LogP contribution in [0.25, 0.3) is 0 Å². The number of hydrogen-bond acceptors (Lipinski definition) is 4. The summed E-state index contributed by atoms with van der Waals surface area (Å²) in [7, 11) is 1.63. The van der Waals surface area contributed by atoms with Gasteiger partial charge in [0.15, 0.2) is 0 Å². The second kappa shape index (κ2) is 6.60. The average molecular weight is 225 g/mol. The number of aliphatic hydroxyl groups excluding tert-OH is 2. The fourth-order valence-corrected chi connectivity index (χ4v) is 1.53.